The van der Waals surface area contributed by atoms with E-state index >= 15 is 0 Å². The van der Waals surface area contributed by atoms with Gasteiger partial charge in [0.1, 0.15) is 23.1 Å². The molecule has 2 aromatic carbocycles. The zero-order valence-electron chi connectivity index (χ0n) is 13.3. The molecule has 1 aliphatic rings. The van der Waals surface area contributed by atoms with Crippen molar-refractivity contribution in [2.24, 2.45) is 0 Å². The number of para-hydroxylation sites is 1. The first-order chi connectivity index (χ1) is 12.1. The fourth-order valence-electron chi connectivity index (χ4n) is 2.76. The molecule has 0 aromatic heterocycles. The van der Waals surface area contributed by atoms with Crippen molar-refractivity contribution in [2.75, 3.05) is 24.2 Å². The van der Waals surface area contributed by atoms with E-state index in [2.05, 4.69) is 5.32 Å². The minimum Gasteiger partial charge on any atom is -0.324 e. The van der Waals surface area contributed by atoms with Crippen molar-refractivity contribution >= 4 is 23.5 Å². The van der Waals surface area contributed by atoms with Crippen molar-refractivity contribution in [1.29, 1.82) is 0 Å². The second kappa shape index (κ2) is 7.82. The normalized spacial score (nSPS) is 17.9. The van der Waals surface area contributed by atoms with Crippen LogP contribution in [0.2, 0.25) is 0 Å². The Bertz CT molecular complexity index is 751. The van der Waals surface area contributed by atoms with Crippen molar-refractivity contribution in [3.63, 3.8) is 0 Å². The lowest BCUT2D eigenvalue weighted by Crippen LogP contribution is -2.37. The lowest BCUT2D eigenvalue weighted by molar-refractivity contribution is 0.214. The van der Waals surface area contributed by atoms with E-state index in [-0.39, 0.29) is 11.1 Å². The van der Waals surface area contributed by atoms with Crippen LogP contribution in [0.3, 0.4) is 0 Å². The number of nitrogens with zero attached hydrogens (tertiary/aromatic N) is 1. The SMILES string of the molecule is O=C(Nc1c(F)cccc1F)N1CCSC(c2ccccc2F)CC1. The number of thioether (sulfide) groups is 1. The number of anilines is 1. The first kappa shape index (κ1) is 17.7. The van der Waals surface area contributed by atoms with Crippen LogP contribution in [0.25, 0.3) is 0 Å². The number of carbonyl (C=O) groups excluding carboxylic acids is 1. The fourth-order valence-corrected chi connectivity index (χ4v) is 4.01. The summed E-state index contributed by atoms with van der Waals surface area (Å²) in [7, 11) is 0. The molecule has 0 aliphatic carbocycles. The first-order valence-electron chi connectivity index (χ1n) is 7.92. The Hall–Kier alpha value is -2.15. The van der Waals surface area contributed by atoms with E-state index in [4.69, 9.17) is 0 Å². The van der Waals surface area contributed by atoms with Crippen LogP contribution in [0, 0.1) is 17.5 Å². The molecule has 1 fully saturated rings. The molecule has 2 amide bonds. The molecule has 1 atom stereocenters. The van der Waals surface area contributed by atoms with Crippen LogP contribution < -0.4 is 5.32 Å². The summed E-state index contributed by atoms with van der Waals surface area (Å²) in [5.41, 5.74) is 0.171. The Morgan fingerprint density at radius 2 is 1.68 bits per heavy atom. The molecule has 2 aromatic rings. The molecule has 132 valence electrons. The predicted molar refractivity (Wildman–Crippen MR) is 93.2 cm³/mol. The first-order valence-corrected chi connectivity index (χ1v) is 8.97. The quantitative estimate of drug-likeness (QED) is 0.827. The standard InChI is InChI=1S/C18H17F3N2OS/c19-13-5-2-1-4-12(13)16-8-9-23(10-11-25-16)18(24)22-17-14(20)6-3-7-15(17)21/h1-7,16H,8-11H2,(H,22,24). The van der Waals surface area contributed by atoms with Gasteiger partial charge < -0.3 is 10.2 Å². The van der Waals surface area contributed by atoms with Gasteiger partial charge in [-0.15, -0.1) is 0 Å². The number of rotatable bonds is 2. The number of hydrogen-bond acceptors (Lipinski definition) is 2. The van der Waals surface area contributed by atoms with Gasteiger partial charge in [0, 0.05) is 29.7 Å². The lowest BCUT2D eigenvalue weighted by Gasteiger charge is -2.21. The smallest absolute Gasteiger partial charge is 0.322 e. The highest BCUT2D eigenvalue weighted by Gasteiger charge is 2.24. The number of hydrogen-bond donors (Lipinski definition) is 1. The van der Waals surface area contributed by atoms with E-state index in [9.17, 15) is 18.0 Å². The molecule has 7 heteroatoms. The van der Waals surface area contributed by atoms with Gasteiger partial charge in [0.15, 0.2) is 0 Å². The van der Waals surface area contributed by atoms with Crippen molar-refractivity contribution in [2.45, 2.75) is 11.7 Å². The van der Waals surface area contributed by atoms with E-state index in [1.54, 1.807) is 30.0 Å². The van der Waals surface area contributed by atoms with E-state index < -0.39 is 23.4 Å². The average Bonchev–Trinajstić information content (AvgIpc) is 2.85. The third-order valence-corrected chi connectivity index (χ3v) is 5.39. The maximum atomic E-state index is 13.9. The maximum absolute atomic E-state index is 13.9. The average molecular weight is 366 g/mol. The van der Waals surface area contributed by atoms with Gasteiger partial charge in [-0.2, -0.15) is 11.8 Å². The Morgan fingerprint density at radius 1 is 1.00 bits per heavy atom. The summed E-state index contributed by atoms with van der Waals surface area (Å²) in [5, 5.41) is 2.24. The fraction of sp³-hybridized carbons (Fsp3) is 0.278. The largest absolute Gasteiger partial charge is 0.324 e. The molecule has 1 heterocycles. The lowest BCUT2D eigenvalue weighted by atomic mass is 10.1. The molecule has 1 saturated heterocycles. The number of amides is 2. The van der Waals surface area contributed by atoms with Gasteiger partial charge in [0.2, 0.25) is 0 Å². The molecule has 1 aliphatic heterocycles. The summed E-state index contributed by atoms with van der Waals surface area (Å²) < 4.78 is 41.3. The van der Waals surface area contributed by atoms with Gasteiger partial charge in [0.05, 0.1) is 0 Å². The summed E-state index contributed by atoms with van der Waals surface area (Å²) in [6, 6.07) is 9.46. The summed E-state index contributed by atoms with van der Waals surface area (Å²) in [6.07, 6.45) is 0.568. The number of nitrogens with one attached hydrogen (secondary N) is 1. The van der Waals surface area contributed by atoms with Gasteiger partial charge in [-0.25, -0.2) is 18.0 Å². The van der Waals surface area contributed by atoms with Gasteiger partial charge in [-0.3, -0.25) is 0 Å². The highest BCUT2D eigenvalue weighted by Crippen LogP contribution is 2.35. The van der Waals surface area contributed by atoms with Gasteiger partial charge >= 0.3 is 6.03 Å². The molecular formula is C18H17F3N2OS. The third-order valence-electron chi connectivity index (χ3n) is 4.08. The topological polar surface area (TPSA) is 32.3 Å². The van der Waals surface area contributed by atoms with Crippen molar-refractivity contribution in [3.8, 4) is 0 Å². The summed E-state index contributed by atoms with van der Waals surface area (Å²) in [4.78, 5) is 13.8. The van der Waals surface area contributed by atoms with E-state index in [1.165, 1.54) is 17.0 Å². The van der Waals surface area contributed by atoms with Crippen LogP contribution >= 0.6 is 11.8 Å². The van der Waals surface area contributed by atoms with Crippen LogP contribution in [0.1, 0.15) is 17.2 Å². The molecule has 0 saturated carbocycles. The molecular weight excluding hydrogens is 349 g/mol. The number of carbonyl (C=O) groups is 1. The second-order valence-electron chi connectivity index (χ2n) is 5.68. The van der Waals surface area contributed by atoms with E-state index in [1.807, 2.05) is 0 Å². The Balaban J connectivity index is 1.67. The van der Waals surface area contributed by atoms with Crippen LogP contribution in [-0.4, -0.2) is 29.8 Å². The second-order valence-corrected chi connectivity index (χ2v) is 6.99. The molecule has 1 unspecified atom stereocenters. The molecule has 3 nitrogen and oxygen atoms in total. The Morgan fingerprint density at radius 3 is 2.40 bits per heavy atom. The van der Waals surface area contributed by atoms with Crippen LogP contribution in [-0.2, 0) is 0 Å². The minimum atomic E-state index is -0.818. The van der Waals surface area contributed by atoms with Crippen LogP contribution in [0.15, 0.2) is 42.5 Å². The number of urea groups is 1. The highest BCUT2D eigenvalue weighted by molar-refractivity contribution is 7.99. The van der Waals surface area contributed by atoms with Crippen LogP contribution in [0.4, 0.5) is 23.7 Å². The molecule has 1 N–H and O–H groups in total. The molecule has 25 heavy (non-hydrogen) atoms. The highest BCUT2D eigenvalue weighted by atomic mass is 32.2. The van der Waals surface area contributed by atoms with Crippen LogP contribution in [0.5, 0.6) is 0 Å². The van der Waals surface area contributed by atoms with Gasteiger partial charge in [-0.05, 0) is 24.6 Å². The Labute approximate surface area is 148 Å². The Kier molecular flexibility index (Phi) is 5.53. The molecule has 0 spiro atoms. The predicted octanol–water partition coefficient (Wildman–Crippen LogP) is 4.82. The summed E-state index contributed by atoms with van der Waals surface area (Å²) in [6.45, 7) is 0.811. The summed E-state index contributed by atoms with van der Waals surface area (Å²) >= 11 is 1.58. The maximum Gasteiger partial charge on any atom is 0.322 e. The number of halogens is 3. The zero-order chi connectivity index (χ0) is 17.8. The third kappa shape index (κ3) is 4.10. The molecule has 3 rings (SSSR count). The summed E-state index contributed by atoms with van der Waals surface area (Å²) in [5.74, 6) is -1.28. The van der Waals surface area contributed by atoms with Crippen molar-refractivity contribution in [1.82, 2.24) is 4.90 Å². The number of benzene rings is 2. The van der Waals surface area contributed by atoms with Gasteiger partial charge in [0.25, 0.3) is 0 Å². The van der Waals surface area contributed by atoms with Gasteiger partial charge in [-0.1, -0.05) is 24.3 Å². The van der Waals surface area contributed by atoms with E-state index in [0.29, 0.717) is 30.8 Å². The zero-order valence-corrected chi connectivity index (χ0v) is 14.2. The molecule has 0 radical (unpaired) electrons. The molecule has 0 bridgehead atoms. The minimum absolute atomic E-state index is 0.0517. The monoisotopic (exact) mass is 366 g/mol. The van der Waals surface area contributed by atoms with Crippen molar-refractivity contribution < 1.29 is 18.0 Å². The van der Waals surface area contributed by atoms with E-state index in [0.717, 1.165) is 12.1 Å². The van der Waals surface area contributed by atoms with Crippen molar-refractivity contribution in [3.05, 3.63) is 65.5 Å².